The number of alkyl carbamates (subject to hydrolysis) is 1. The van der Waals surface area contributed by atoms with Crippen molar-refractivity contribution in [2.24, 2.45) is 11.8 Å². The van der Waals surface area contributed by atoms with Crippen molar-refractivity contribution in [3.63, 3.8) is 0 Å². The molecular weight excluding hydrogens is 634 g/mol. The van der Waals surface area contributed by atoms with E-state index in [0.717, 1.165) is 31.9 Å². The molecule has 0 spiro atoms. The highest BCUT2D eigenvalue weighted by Gasteiger charge is 2.60. The molecular formula is C33H42F2N4O9. The van der Waals surface area contributed by atoms with Crippen LogP contribution in [0.3, 0.4) is 0 Å². The third-order valence-electron chi connectivity index (χ3n) is 8.24. The number of hydrogen-bond acceptors (Lipinski definition) is 11. The lowest BCUT2D eigenvalue weighted by atomic mass is 9.85. The number of hydrogen-bond donors (Lipinski definition) is 3. The maximum Gasteiger partial charge on any atom is 0.407 e. The summed E-state index contributed by atoms with van der Waals surface area (Å²) in [5.41, 5.74) is -2.78. The zero-order valence-corrected chi connectivity index (χ0v) is 27.6. The second-order valence-electron chi connectivity index (χ2n) is 13.5. The summed E-state index contributed by atoms with van der Waals surface area (Å²) in [5.74, 6) is -2.85. The van der Waals surface area contributed by atoms with E-state index in [1.165, 1.54) is 18.2 Å². The highest BCUT2D eigenvalue weighted by molar-refractivity contribution is 6.16. The number of halogens is 2. The molecule has 1 aromatic heterocycles. The molecule has 5 rings (SSSR count). The smallest absolute Gasteiger partial charge is 0.407 e. The van der Waals surface area contributed by atoms with Gasteiger partial charge in [-0.3, -0.25) is 14.9 Å². The Balaban J connectivity index is 1.44. The Morgan fingerprint density at radius 3 is 2.48 bits per heavy atom. The zero-order chi connectivity index (χ0) is 34.8. The number of alkyl halides is 2. The van der Waals surface area contributed by atoms with E-state index in [9.17, 15) is 28.0 Å². The lowest BCUT2D eigenvalue weighted by molar-refractivity contribution is -0.148. The van der Waals surface area contributed by atoms with E-state index in [2.05, 4.69) is 25.7 Å². The number of ether oxygens (including phenoxy) is 4. The van der Waals surface area contributed by atoms with E-state index in [0.29, 0.717) is 18.1 Å². The van der Waals surface area contributed by atoms with Crippen LogP contribution in [-0.4, -0.2) is 77.8 Å². The first-order valence-corrected chi connectivity index (χ1v) is 16.2. The molecule has 15 heteroatoms. The van der Waals surface area contributed by atoms with Crippen molar-refractivity contribution in [2.45, 2.75) is 103 Å². The van der Waals surface area contributed by atoms with Crippen molar-refractivity contribution in [1.82, 2.24) is 20.9 Å². The average molecular weight is 677 g/mol. The van der Waals surface area contributed by atoms with Crippen LogP contribution in [0, 0.1) is 11.8 Å². The minimum Gasteiger partial charge on any atom is -0.489 e. The summed E-state index contributed by atoms with van der Waals surface area (Å²) in [6.45, 7) is 5.57. The number of nitrogens with zero attached hydrogens (tertiary/aromatic N) is 1. The molecule has 4 atom stereocenters. The van der Waals surface area contributed by atoms with Gasteiger partial charge in [0, 0.05) is 23.7 Å². The van der Waals surface area contributed by atoms with Gasteiger partial charge < -0.3 is 34.0 Å². The molecule has 1 saturated heterocycles. The molecule has 1 aliphatic heterocycles. The van der Waals surface area contributed by atoms with Crippen LogP contribution in [0.4, 0.5) is 13.6 Å². The number of ketones is 1. The van der Waals surface area contributed by atoms with Gasteiger partial charge in [-0.25, -0.2) is 14.6 Å². The quantitative estimate of drug-likeness (QED) is 0.148. The largest absolute Gasteiger partial charge is 0.489 e. The lowest BCUT2D eigenvalue weighted by Gasteiger charge is -2.29. The number of carbonyl (C=O) groups is 4. The number of amides is 2. The molecule has 1 aromatic carbocycles. The number of carbonyl (C=O) groups excluding carboxylic acids is 4. The first-order chi connectivity index (χ1) is 22.7. The minimum atomic E-state index is -3.07. The summed E-state index contributed by atoms with van der Waals surface area (Å²) in [7, 11) is 0. The third-order valence-corrected chi connectivity index (χ3v) is 8.24. The molecule has 2 aliphatic carbocycles. The Morgan fingerprint density at radius 2 is 1.85 bits per heavy atom. The fraction of sp³-hybridized carbons (Fsp3) is 0.606. The van der Waals surface area contributed by atoms with Crippen LogP contribution in [0.15, 0.2) is 28.9 Å². The van der Waals surface area contributed by atoms with Crippen LogP contribution in [-0.2, 0) is 19.1 Å². The Morgan fingerprint density at radius 1 is 1.12 bits per heavy atom. The van der Waals surface area contributed by atoms with Crippen LogP contribution in [0.1, 0.15) is 77.2 Å². The zero-order valence-electron chi connectivity index (χ0n) is 27.6. The summed E-state index contributed by atoms with van der Waals surface area (Å²) in [4.78, 5) is 58.4. The molecule has 0 radical (unpaired) electrons. The predicted octanol–water partition coefficient (Wildman–Crippen LogP) is 4.39. The Labute approximate surface area is 276 Å². The fourth-order valence-electron chi connectivity index (χ4n) is 5.57. The molecule has 262 valence electrons. The van der Waals surface area contributed by atoms with E-state index >= 15 is 0 Å². The maximum atomic E-state index is 14.3. The monoisotopic (exact) mass is 676 g/mol. The van der Waals surface area contributed by atoms with Gasteiger partial charge in [0.25, 0.3) is 0 Å². The summed E-state index contributed by atoms with van der Waals surface area (Å²) >= 11 is 0. The van der Waals surface area contributed by atoms with Gasteiger partial charge in [0.1, 0.15) is 17.6 Å². The van der Waals surface area contributed by atoms with Crippen LogP contribution in [0.25, 0.3) is 11.5 Å². The molecule has 13 nitrogen and oxygen atoms in total. The van der Waals surface area contributed by atoms with Gasteiger partial charge in [-0.05, 0) is 90.8 Å². The van der Waals surface area contributed by atoms with Crippen LogP contribution in [0.2, 0.25) is 0 Å². The molecule has 2 saturated carbocycles. The number of aromatic nitrogens is 1. The number of nitrogens with one attached hydrogen (secondary N) is 3. The van der Waals surface area contributed by atoms with Gasteiger partial charge in [-0.2, -0.15) is 8.78 Å². The predicted molar refractivity (Wildman–Crippen MR) is 166 cm³/mol. The molecule has 2 aromatic rings. The van der Waals surface area contributed by atoms with Gasteiger partial charge in [0.05, 0.1) is 19.1 Å². The van der Waals surface area contributed by atoms with Gasteiger partial charge in [0.2, 0.25) is 17.6 Å². The Bertz CT molecular complexity index is 1520. The van der Waals surface area contributed by atoms with E-state index in [-0.39, 0.29) is 48.1 Å². The highest BCUT2D eigenvalue weighted by atomic mass is 19.3. The second kappa shape index (κ2) is 14.1. The van der Waals surface area contributed by atoms with Crippen molar-refractivity contribution >= 4 is 23.8 Å². The van der Waals surface area contributed by atoms with Crippen molar-refractivity contribution in [3.05, 3.63) is 30.2 Å². The molecule has 3 unspecified atom stereocenters. The highest BCUT2D eigenvalue weighted by Crippen LogP contribution is 2.38. The van der Waals surface area contributed by atoms with E-state index in [1.54, 1.807) is 34.6 Å². The lowest BCUT2D eigenvalue weighted by Crippen LogP contribution is -2.60. The van der Waals surface area contributed by atoms with Gasteiger partial charge in [-0.1, -0.05) is 0 Å². The number of esters is 1. The summed E-state index contributed by atoms with van der Waals surface area (Å²) < 4.78 is 52.8. The standard InChI is InChI=1S/C33H42F2N4O9/c1-6-44-29(42)33(14-21(27(41)37-20-10-11-20)25(39-33)17(2)36-31(43)48-32(3,4)5)26(40)22-16-46-28(38-22)19-9-12-23(47-30(34)35)24(13-19)45-15-18-7-8-18/h9,12-13,16-18,20-21,25,30,39H,6-8,10-11,14-15H2,1-5H3,(H,36,43)(H,37,41)/t17-,21?,25?,33?/m0/s1. The van der Waals surface area contributed by atoms with Crippen molar-refractivity contribution < 1.29 is 51.3 Å². The molecule has 48 heavy (non-hydrogen) atoms. The first kappa shape index (κ1) is 35.0. The van der Waals surface area contributed by atoms with Crippen LogP contribution >= 0.6 is 0 Å². The topological polar surface area (TPSA) is 167 Å². The number of rotatable bonds is 14. The first-order valence-electron chi connectivity index (χ1n) is 16.2. The summed E-state index contributed by atoms with van der Waals surface area (Å²) in [6, 6.07) is 2.48. The van der Waals surface area contributed by atoms with Crippen molar-refractivity contribution in [1.29, 1.82) is 0 Å². The van der Waals surface area contributed by atoms with Gasteiger partial charge in [0.15, 0.2) is 17.0 Å². The second-order valence-corrected chi connectivity index (χ2v) is 13.5. The van der Waals surface area contributed by atoms with Crippen molar-refractivity contribution in [3.8, 4) is 23.0 Å². The molecule has 3 N–H and O–H groups in total. The molecule has 2 amide bonds. The summed E-state index contributed by atoms with van der Waals surface area (Å²) in [6.07, 6.45) is 3.64. The third kappa shape index (κ3) is 8.41. The Hall–Kier alpha value is -4.27. The Kier molecular flexibility index (Phi) is 10.3. The number of oxazole rings is 1. The van der Waals surface area contributed by atoms with Gasteiger partial charge >= 0.3 is 18.7 Å². The van der Waals surface area contributed by atoms with Gasteiger partial charge in [-0.15, -0.1) is 0 Å². The molecule has 2 heterocycles. The van der Waals surface area contributed by atoms with E-state index in [1.807, 2.05) is 0 Å². The molecule has 0 bridgehead atoms. The van der Waals surface area contributed by atoms with E-state index < -0.39 is 53.6 Å². The number of benzene rings is 1. The summed E-state index contributed by atoms with van der Waals surface area (Å²) in [5, 5.41) is 8.71. The maximum absolute atomic E-state index is 14.3. The number of Topliss-reactive ketones (excluding diaryl/α,β-unsaturated/α-hetero) is 1. The van der Waals surface area contributed by atoms with Crippen molar-refractivity contribution in [2.75, 3.05) is 13.2 Å². The molecule has 3 aliphatic rings. The van der Waals surface area contributed by atoms with E-state index in [4.69, 9.17) is 18.6 Å². The normalized spacial score (nSPS) is 22.9. The minimum absolute atomic E-state index is 0.00528. The SMILES string of the molecule is CCOC(=O)C1(C(=O)c2coc(-c3ccc(OC(F)F)c(OCC4CC4)c3)n2)CC(C(=O)NC2CC2)C([C@H](C)NC(=O)OC(C)(C)C)N1. The fourth-order valence-corrected chi connectivity index (χ4v) is 5.57. The molecule has 3 fully saturated rings. The van der Waals surface area contributed by atoms with Crippen LogP contribution in [0.5, 0.6) is 11.5 Å². The van der Waals surface area contributed by atoms with Crippen LogP contribution < -0.4 is 25.4 Å². The average Bonchev–Trinajstić information content (AvgIpc) is 3.92.